The van der Waals surface area contributed by atoms with Crippen molar-refractivity contribution in [1.29, 1.82) is 0 Å². The van der Waals surface area contributed by atoms with Crippen LogP contribution in [0, 0.1) is 6.92 Å². The molecule has 0 bridgehead atoms. The largest absolute Gasteiger partial charge is 0.319 e. The molecule has 1 amide bonds. The molecule has 0 spiro atoms. The third kappa shape index (κ3) is 2.75. The number of aromatic amines is 1. The van der Waals surface area contributed by atoms with Crippen LogP contribution in [0.3, 0.4) is 0 Å². The van der Waals surface area contributed by atoms with E-state index in [1.54, 1.807) is 13.0 Å². The number of nitrogens with zero attached hydrogens (tertiary/aromatic N) is 1. The number of hydrogen-bond donors (Lipinski definition) is 2. The number of aryl methyl sites for hydroxylation is 1. The van der Waals surface area contributed by atoms with E-state index in [4.69, 9.17) is 11.6 Å². The molecule has 2 rings (SSSR count). The van der Waals surface area contributed by atoms with Crippen LogP contribution in [0.2, 0.25) is 5.15 Å². The Morgan fingerprint density at radius 2 is 2.22 bits per heavy atom. The van der Waals surface area contributed by atoms with Crippen LogP contribution in [0.5, 0.6) is 0 Å². The lowest BCUT2D eigenvalue weighted by atomic mass is 10.2. The lowest BCUT2D eigenvalue weighted by Gasteiger charge is -2.07. The van der Waals surface area contributed by atoms with Crippen molar-refractivity contribution >= 4 is 23.2 Å². The van der Waals surface area contributed by atoms with E-state index < -0.39 is 5.91 Å². The Morgan fingerprint density at radius 3 is 2.89 bits per heavy atom. The minimum atomic E-state index is -0.403. The van der Waals surface area contributed by atoms with E-state index in [9.17, 15) is 9.59 Å². The molecule has 0 radical (unpaired) electrons. The fourth-order valence-corrected chi connectivity index (χ4v) is 1.63. The second kappa shape index (κ2) is 5.01. The lowest BCUT2D eigenvalue weighted by molar-refractivity contribution is 0.102. The minimum absolute atomic E-state index is 0.192. The zero-order chi connectivity index (χ0) is 13.1. The summed E-state index contributed by atoms with van der Waals surface area (Å²) in [5.41, 5.74) is 1.21. The summed E-state index contributed by atoms with van der Waals surface area (Å²) in [5, 5.41) is 3.01. The fourth-order valence-electron chi connectivity index (χ4n) is 1.42. The average molecular weight is 264 g/mol. The van der Waals surface area contributed by atoms with Crippen LogP contribution in [0.4, 0.5) is 5.69 Å². The molecule has 0 atom stereocenters. The number of carbonyl (C=O) groups is 1. The molecule has 2 N–H and O–H groups in total. The van der Waals surface area contributed by atoms with E-state index >= 15 is 0 Å². The second-order valence-electron chi connectivity index (χ2n) is 3.70. The summed E-state index contributed by atoms with van der Waals surface area (Å²) in [7, 11) is 0. The van der Waals surface area contributed by atoms with Crippen LogP contribution >= 0.6 is 11.6 Å². The molecule has 0 aliphatic heterocycles. The van der Waals surface area contributed by atoms with Gasteiger partial charge < -0.3 is 10.3 Å². The second-order valence-corrected chi connectivity index (χ2v) is 4.09. The van der Waals surface area contributed by atoms with E-state index in [1.165, 1.54) is 24.4 Å². The van der Waals surface area contributed by atoms with Crippen LogP contribution in [-0.4, -0.2) is 15.9 Å². The number of anilines is 1. The number of pyridine rings is 2. The minimum Gasteiger partial charge on any atom is -0.319 e. The number of H-pyrrole nitrogens is 1. The fraction of sp³-hybridized carbons (Fsp3) is 0.0833. The Bertz CT molecular complexity index is 652. The van der Waals surface area contributed by atoms with Crippen LogP contribution in [0.15, 0.2) is 35.3 Å². The highest BCUT2D eigenvalue weighted by atomic mass is 35.5. The van der Waals surface area contributed by atoms with E-state index in [2.05, 4.69) is 15.3 Å². The SMILES string of the molecule is Cc1cc(Cl)ncc1NC(=O)c1cccc(=O)[nH]1. The van der Waals surface area contributed by atoms with Gasteiger partial charge in [-0.05, 0) is 24.6 Å². The Labute approximate surface area is 108 Å². The average Bonchev–Trinajstić information content (AvgIpc) is 2.32. The standard InChI is InChI=1S/C12H10ClN3O2/c1-7-5-10(13)14-6-9(7)16-12(18)8-3-2-4-11(17)15-8/h2-6H,1H3,(H,15,17)(H,16,18). The van der Waals surface area contributed by atoms with Crippen LogP contribution in [-0.2, 0) is 0 Å². The predicted octanol–water partition coefficient (Wildman–Crippen LogP) is 1.98. The van der Waals surface area contributed by atoms with Gasteiger partial charge in [0.1, 0.15) is 10.8 Å². The van der Waals surface area contributed by atoms with Gasteiger partial charge in [0.05, 0.1) is 11.9 Å². The molecular formula is C12H10ClN3O2. The van der Waals surface area contributed by atoms with Crippen molar-refractivity contribution in [3.63, 3.8) is 0 Å². The summed E-state index contributed by atoms with van der Waals surface area (Å²) in [6.07, 6.45) is 1.47. The maximum Gasteiger partial charge on any atom is 0.272 e. The first-order valence-electron chi connectivity index (χ1n) is 5.19. The van der Waals surface area contributed by atoms with Crippen molar-refractivity contribution in [2.24, 2.45) is 0 Å². The van der Waals surface area contributed by atoms with Crippen molar-refractivity contribution in [1.82, 2.24) is 9.97 Å². The Morgan fingerprint density at radius 1 is 1.44 bits per heavy atom. The van der Waals surface area contributed by atoms with Gasteiger partial charge in [-0.15, -0.1) is 0 Å². The number of nitrogens with one attached hydrogen (secondary N) is 2. The van der Waals surface area contributed by atoms with Crippen molar-refractivity contribution in [3.8, 4) is 0 Å². The third-order valence-corrected chi connectivity index (χ3v) is 2.55. The normalized spacial score (nSPS) is 10.1. The summed E-state index contributed by atoms with van der Waals surface area (Å²) in [6, 6.07) is 6.02. The van der Waals surface area contributed by atoms with Gasteiger partial charge >= 0.3 is 0 Å². The smallest absolute Gasteiger partial charge is 0.272 e. The van der Waals surface area contributed by atoms with Gasteiger partial charge in [0.2, 0.25) is 5.56 Å². The molecular weight excluding hydrogens is 254 g/mol. The topological polar surface area (TPSA) is 74.8 Å². The molecule has 2 aromatic heterocycles. The maximum absolute atomic E-state index is 11.9. The molecule has 0 aliphatic rings. The zero-order valence-corrected chi connectivity index (χ0v) is 10.3. The predicted molar refractivity (Wildman–Crippen MR) is 69.0 cm³/mol. The van der Waals surface area contributed by atoms with Crippen molar-refractivity contribution in [2.75, 3.05) is 5.32 Å². The number of amides is 1. The summed E-state index contributed by atoms with van der Waals surface area (Å²) < 4.78 is 0. The van der Waals surface area contributed by atoms with Gasteiger partial charge in [-0.1, -0.05) is 17.7 Å². The van der Waals surface area contributed by atoms with E-state index in [1.807, 2.05) is 0 Å². The number of carbonyl (C=O) groups excluding carboxylic acids is 1. The molecule has 0 fully saturated rings. The van der Waals surface area contributed by atoms with E-state index in [0.717, 1.165) is 5.56 Å². The monoisotopic (exact) mass is 263 g/mol. The van der Waals surface area contributed by atoms with Crippen molar-refractivity contribution < 1.29 is 4.79 Å². The molecule has 0 aromatic carbocycles. The summed E-state index contributed by atoms with van der Waals surface area (Å²) in [4.78, 5) is 29.3. The van der Waals surface area contributed by atoms with Crippen molar-refractivity contribution in [3.05, 3.63) is 57.2 Å². The molecule has 5 nitrogen and oxygen atoms in total. The highest BCUT2D eigenvalue weighted by Gasteiger charge is 2.08. The molecule has 0 saturated heterocycles. The molecule has 6 heteroatoms. The van der Waals surface area contributed by atoms with Crippen LogP contribution < -0.4 is 10.9 Å². The molecule has 18 heavy (non-hydrogen) atoms. The van der Waals surface area contributed by atoms with Gasteiger partial charge in [-0.2, -0.15) is 0 Å². The van der Waals surface area contributed by atoms with Gasteiger partial charge in [0, 0.05) is 6.07 Å². The molecule has 2 aromatic rings. The number of rotatable bonds is 2. The zero-order valence-electron chi connectivity index (χ0n) is 9.53. The number of halogens is 1. The highest BCUT2D eigenvalue weighted by molar-refractivity contribution is 6.29. The maximum atomic E-state index is 11.9. The summed E-state index contributed by atoms with van der Waals surface area (Å²) in [6.45, 7) is 1.80. The molecule has 0 unspecified atom stereocenters. The van der Waals surface area contributed by atoms with Gasteiger partial charge in [-0.25, -0.2) is 4.98 Å². The highest BCUT2D eigenvalue weighted by Crippen LogP contribution is 2.17. The lowest BCUT2D eigenvalue weighted by Crippen LogP contribution is -2.18. The molecule has 92 valence electrons. The quantitative estimate of drug-likeness (QED) is 0.814. The molecule has 2 heterocycles. The Kier molecular flexibility index (Phi) is 3.43. The molecule has 0 saturated carbocycles. The van der Waals surface area contributed by atoms with Crippen LogP contribution in [0.1, 0.15) is 16.1 Å². The summed E-state index contributed by atoms with van der Waals surface area (Å²) in [5.74, 6) is -0.403. The Hall–Kier alpha value is -2.14. The molecule has 0 aliphatic carbocycles. The number of hydrogen-bond acceptors (Lipinski definition) is 3. The van der Waals surface area contributed by atoms with E-state index in [0.29, 0.717) is 10.8 Å². The van der Waals surface area contributed by atoms with Crippen molar-refractivity contribution in [2.45, 2.75) is 6.92 Å². The first kappa shape index (κ1) is 12.3. The first-order chi connectivity index (χ1) is 8.56. The third-order valence-electron chi connectivity index (χ3n) is 2.34. The van der Waals surface area contributed by atoms with Gasteiger partial charge in [0.15, 0.2) is 0 Å². The number of aromatic nitrogens is 2. The van der Waals surface area contributed by atoms with E-state index in [-0.39, 0.29) is 11.3 Å². The van der Waals surface area contributed by atoms with Gasteiger partial charge in [-0.3, -0.25) is 9.59 Å². The first-order valence-corrected chi connectivity index (χ1v) is 5.57. The summed E-state index contributed by atoms with van der Waals surface area (Å²) >= 11 is 5.72. The van der Waals surface area contributed by atoms with Gasteiger partial charge in [0.25, 0.3) is 5.91 Å². The van der Waals surface area contributed by atoms with Crippen LogP contribution in [0.25, 0.3) is 0 Å². The Balaban J connectivity index is 2.24.